The fraction of sp³-hybridized carbons (Fsp3) is 0.0625. The summed E-state index contributed by atoms with van der Waals surface area (Å²) < 4.78 is 4.27. The van der Waals surface area contributed by atoms with Gasteiger partial charge in [0.25, 0.3) is 0 Å². The third-order valence-electron chi connectivity index (χ3n) is 3.33. The van der Waals surface area contributed by atoms with Crippen molar-refractivity contribution in [2.24, 2.45) is 7.05 Å². The third-order valence-corrected chi connectivity index (χ3v) is 13.2. The Morgan fingerprint density at radius 1 is 0.952 bits per heavy atom. The van der Waals surface area contributed by atoms with Gasteiger partial charge in [-0.1, -0.05) is 0 Å². The van der Waals surface area contributed by atoms with E-state index in [0.29, 0.717) is 0 Å². The van der Waals surface area contributed by atoms with Gasteiger partial charge in [0.1, 0.15) is 0 Å². The Morgan fingerprint density at radius 3 is 1.81 bits per heavy atom. The summed E-state index contributed by atoms with van der Waals surface area (Å²) in [5.74, 6) is 0. The molecule has 3 rings (SSSR count). The molecule has 1 aromatic heterocycles. The summed E-state index contributed by atoms with van der Waals surface area (Å²) >= 11 is 10.7. The van der Waals surface area contributed by atoms with E-state index in [2.05, 4.69) is 82.0 Å². The molecule has 21 heavy (non-hydrogen) atoms. The number of aromatic nitrogens is 1. The maximum absolute atomic E-state index is 5.43. The van der Waals surface area contributed by atoms with E-state index in [9.17, 15) is 0 Å². The van der Waals surface area contributed by atoms with E-state index in [0.717, 1.165) is 3.95 Å². The van der Waals surface area contributed by atoms with Crippen molar-refractivity contribution in [1.82, 2.24) is 4.57 Å². The van der Waals surface area contributed by atoms with Gasteiger partial charge in [-0.2, -0.15) is 0 Å². The molecule has 0 saturated carbocycles. The zero-order valence-electron chi connectivity index (χ0n) is 11.5. The van der Waals surface area contributed by atoms with Crippen molar-refractivity contribution in [3.8, 4) is 0 Å². The zero-order valence-corrected chi connectivity index (χ0v) is 15.7. The molecule has 0 N–H and O–H groups in total. The monoisotopic (exact) mass is 395 g/mol. The van der Waals surface area contributed by atoms with Gasteiger partial charge in [0.2, 0.25) is 0 Å². The molecule has 0 fully saturated rings. The zero-order chi connectivity index (χ0) is 14.9. The molecule has 0 unspecified atom stereocenters. The van der Waals surface area contributed by atoms with Crippen LogP contribution in [0.5, 0.6) is 0 Å². The van der Waals surface area contributed by atoms with Crippen LogP contribution in [-0.2, 0) is 7.05 Å². The van der Waals surface area contributed by atoms with Crippen molar-refractivity contribution in [2.45, 2.75) is 0 Å². The second-order valence-electron chi connectivity index (χ2n) is 4.73. The van der Waals surface area contributed by atoms with Gasteiger partial charge in [-0.15, -0.1) is 0 Å². The van der Waals surface area contributed by atoms with Gasteiger partial charge in [-0.05, 0) is 0 Å². The minimum absolute atomic E-state index is 0.913. The van der Waals surface area contributed by atoms with Gasteiger partial charge >= 0.3 is 142 Å². The van der Waals surface area contributed by atoms with E-state index in [1.807, 2.05) is 11.6 Å². The average Bonchev–Trinajstić information content (AvgIpc) is 2.88. The molecule has 3 aromatic rings. The molecule has 0 radical (unpaired) electrons. The predicted octanol–water partition coefficient (Wildman–Crippen LogP) is 3.19. The van der Waals surface area contributed by atoms with Crippen LogP contribution < -0.4 is 15.2 Å². The van der Waals surface area contributed by atoms with Gasteiger partial charge in [0, 0.05) is 0 Å². The van der Waals surface area contributed by atoms with E-state index in [1.54, 1.807) is 11.3 Å². The van der Waals surface area contributed by atoms with Gasteiger partial charge < -0.3 is 0 Å². The Bertz CT molecular complexity index is 809. The normalized spacial score (nSPS) is 11.5. The van der Waals surface area contributed by atoms with Crippen LogP contribution in [0.25, 0.3) is 0 Å². The van der Waals surface area contributed by atoms with Crippen molar-refractivity contribution < 1.29 is 0 Å². The Hall–Kier alpha value is -0.761. The van der Waals surface area contributed by atoms with E-state index < -0.39 is 5.51 Å². The standard InChI is InChI=1S/C16H14NPS2Se/c1-17-12-15(20-16(17)19)18(21,13-8-4-2-5-9-13)14-10-6-3-7-11-14/h2-12H,1H3. The van der Waals surface area contributed by atoms with E-state index in [-0.39, 0.29) is 0 Å². The van der Waals surface area contributed by atoms with E-state index in [1.165, 1.54) is 15.2 Å². The quantitative estimate of drug-likeness (QED) is 0.375. The van der Waals surface area contributed by atoms with Crippen LogP contribution in [0.1, 0.15) is 0 Å². The van der Waals surface area contributed by atoms with Crippen LogP contribution in [0.4, 0.5) is 0 Å². The first kappa shape index (κ1) is 15.1. The second-order valence-corrected chi connectivity index (χ2v) is 12.9. The Morgan fingerprint density at radius 2 is 1.43 bits per heavy atom. The molecule has 2 aromatic carbocycles. The van der Waals surface area contributed by atoms with Crippen molar-refractivity contribution in [3.05, 3.63) is 70.8 Å². The first-order chi connectivity index (χ1) is 10.1. The molecule has 1 heterocycles. The summed E-state index contributed by atoms with van der Waals surface area (Å²) in [7, 11) is 2.02. The molecular formula is C16H14NPS2Se. The molecule has 0 bridgehead atoms. The summed E-state index contributed by atoms with van der Waals surface area (Å²) in [6.07, 6.45) is 2.18. The predicted molar refractivity (Wildman–Crippen MR) is 98.6 cm³/mol. The molecule has 1 nitrogen and oxygen atoms in total. The van der Waals surface area contributed by atoms with Gasteiger partial charge in [-0.25, -0.2) is 0 Å². The van der Waals surface area contributed by atoms with E-state index >= 15 is 0 Å². The minimum atomic E-state index is -1.73. The number of aryl methyl sites for hydroxylation is 1. The summed E-state index contributed by atoms with van der Waals surface area (Å²) in [4.78, 5) is 0. The van der Waals surface area contributed by atoms with Crippen molar-refractivity contribution in [3.63, 3.8) is 0 Å². The SMILES string of the molecule is Cn1cc(P(=[Se])(c2ccccc2)c2ccccc2)sc1=S. The molecule has 0 aliphatic rings. The van der Waals surface area contributed by atoms with Gasteiger partial charge in [0.05, 0.1) is 0 Å². The first-order valence-electron chi connectivity index (χ1n) is 6.50. The third kappa shape index (κ3) is 2.79. The molecular weight excluding hydrogens is 380 g/mol. The number of benzene rings is 2. The Labute approximate surface area is 141 Å². The fourth-order valence-electron chi connectivity index (χ4n) is 2.23. The summed E-state index contributed by atoms with van der Waals surface area (Å²) in [6, 6.07) is 21.4. The number of rotatable bonds is 3. The molecule has 106 valence electrons. The van der Waals surface area contributed by atoms with Gasteiger partial charge in [0.15, 0.2) is 0 Å². The number of thiazole rings is 1. The molecule has 0 aliphatic carbocycles. The topological polar surface area (TPSA) is 4.93 Å². The van der Waals surface area contributed by atoms with Gasteiger partial charge in [-0.3, -0.25) is 0 Å². The molecule has 0 saturated heterocycles. The second kappa shape index (κ2) is 6.16. The van der Waals surface area contributed by atoms with Crippen LogP contribution in [0.15, 0.2) is 66.9 Å². The van der Waals surface area contributed by atoms with Crippen LogP contribution in [-0.4, -0.2) is 19.7 Å². The Kier molecular flexibility index (Phi) is 4.44. The number of hydrogen-bond donors (Lipinski definition) is 0. The summed E-state index contributed by atoms with van der Waals surface area (Å²) in [5.41, 5.74) is -1.73. The van der Waals surface area contributed by atoms with Crippen molar-refractivity contribution in [2.75, 3.05) is 0 Å². The van der Waals surface area contributed by atoms with E-state index in [4.69, 9.17) is 12.2 Å². The van der Waals surface area contributed by atoms with Crippen LogP contribution >= 0.6 is 29.1 Å². The molecule has 0 spiro atoms. The summed E-state index contributed by atoms with van der Waals surface area (Å²) in [6.45, 7) is 0. The Balaban J connectivity index is 2.31. The summed E-state index contributed by atoms with van der Waals surface area (Å²) in [5, 5.41) is 2.68. The van der Waals surface area contributed by atoms with Crippen LogP contribution in [0.2, 0.25) is 0 Å². The molecule has 0 amide bonds. The molecule has 5 heteroatoms. The van der Waals surface area contributed by atoms with Crippen LogP contribution in [0.3, 0.4) is 0 Å². The average molecular weight is 394 g/mol. The van der Waals surface area contributed by atoms with Crippen molar-refractivity contribution in [1.29, 1.82) is 0 Å². The maximum atomic E-state index is 5.43. The first-order valence-corrected chi connectivity index (χ1v) is 11.7. The fourth-order valence-corrected chi connectivity index (χ4v) is 9.59. The van der Waals surface area contributed by atoms with Crippen LogP contribution in [0, 0.1) is 3.95 Å². The molecule has 0 aliphatic heterocycles. The molecule has 0 atom stereocenters. The van der Waals surface area contributed by atoms with Crippen molar-refractivity contribution >= 4 is 59.4 Å². The number of nitrogens with zero attached hydrogens (tertiary/aromatic N) is 1. The number of hydrogen-bond acceptors (Lipinski definition) is 2.